The first-order chi connectivity index (χ1) is 8.70. The quantitative estimate of drug-likeness (QED) is 0.829. The molecule has 2 unspecified atom stereocenters. The van der Waals surface area contributed by atoms with Crippen LogP contribution in [0.2, 0.25) is 0 Å². The van der Waals surface area contributed by atoms with E-state index in [1.165, 1.54) is 24.1 Å². The SMILES string of the molecule is CC1CCCC(C)N1Cc1cc(C#CCO)cs1. The van der Waals surface area contributed by atoms with Gasteiger partial charge in [-0.05, 0) is 32.8 Å². The lowest BCUT2D eigenvalue weighted by atomic mass is 9.97. The van der Waals surface area contributed by atoms with Crippen molar-refractivity contribution in [1.29, 1.82) is 0 Å². The number of hydrogen-bond donors (Lipinski definition) is 1. The third-order valence-electron chi connectivity index (χ3n) is 3.68. The summed E-state index contributed by atoms with van der Waals surface area (Å²) in [4.78, 5) is 3.97. The molecule has 18 heavy (non-hydrogen) atoms. The van der Waals surface area contributed by atoms with Crippen molar-refractivity contribution in [1.82, 2.24) is 4.90 Å². The predicted octanol–water partition coefficient (Wildman–Crippen LogP) is 2.85. The van der Waals surface area contributed by atoms with Crippen LogP contribution in [0.5, 0.6) is 0 Å². The van der Waals surface area contributed by atoms with E-state index in [9.17, 15) is 0 Å². The van der Waals surface area contributed by atoms with Crippen LogP contribution >= 0.6 is 11.3 Å². The first-order valence-electron chi connectivity index (χ1n) is 6.63. The molecule has 2 rings (SSSR count). The van der Waals surface area contributed by atoms with E-state index in [0.29, 0.717) is 12.1 Å². The molecular weight excluding hydrogens is 242 g/mol. The van der Waals surface area contributed by atoms with E-state index in [1.54, 1.807) is 11.3 Å². The Balaban J connectivity index is 2.01. The standard InChI is InChI=1S/C15H21NOS/c1-12-5-3-6-13(2)16(12)10-15-9-14(11-18-15)7-4-8-17/h9,11-13,17H,3,5-6,8,10H2,1-2H3. The minimum atomic E-state index is -0.0641. The van der Waals surface area contributed by atoms with Crippen LogP contribution in [-0.4, -0.2) is 28.7 Å². The van der Waals surface area contributed by atoms with Gasteiger partial charge in [-0.25, -0.2) is 0 Å². The Morgan fingerprint density at radius 1 is 1.39 bits per heavy atom. The van der Waals surface area contributed by atoms with E-state index < -0.39 is 0 Å². The molecule has 1 aliphatic rings. The molecule has 1 saturated heterocycles. The fourth-order valence-electron chi connectivity index (χ4n) is 2.64. The lowest BCUT2D eigenvalue weighted by Gasteiger charge is -2.38. The van der Waals surface area contributed by atoms with E-state index in [4.69, 9.17) is 5.11 Å². The highest BCUT2D eigenvalue weighted by Crippen LogP contribution is 2.26. The fourth-order valence-corrected chi connectivity index (χ4v) is 3.46. The second-order valence-corrected chi connectivity index (χ2v) is 6.06. The van der Waals surface area contributed by atoms with Crippen LogP contribution < -0.4 is 0 Å². The summed E-state index contributed by atoms with van der Waals surface area (Å²) in [6.45, 7) is 5.63. The molecule has 2 nitrogen and oxygen atoms in total. The van der Waals surface area contributed by atoms with Gasteiger partial charge in [-0.2, -0.15) is 0 Å². The summed E-state index contributed by atoms with van der Waals surface area (Å²) >= 11 is 1.77. The molecule has 0 saturated carbocycles. The molecule has 2 heterocycles. The van der Waals surface area contributed by atoms with Crippen LogP contribution in [0.4, 0.5) is 0 Å². The normalized spacial score (nSPS) is 24.6. The number of aliphatic hydroxyl groups excluding tert-OH is 1. The van der Waals surface area contributed by atoms with Crippen molar-refractivity contribution >= 4 is 11.3 Å². The van der Waals surface area contributed by atoms with E-state index in [0.717, 1.165) is 12.1 Å². The van der Waals surface area contributed by atoms with Gasteiger partial charge in [-0.15, -0.1) is 11.3 Å². The molecule has 0 amide bonds. The van der Waals surface area contributed by atoms with Gasteiger partial charge in [0.25, 0.3) is 0 Å². The van der Waals surface area contributed by atoms with Crippen molar-refractivity contribution in [2.45, 2.75) is 51.7 Å². The molecule has 98 valence electrons. The average Bonchev–Trinajstić information content (AvgIpc) is 2.79. The number of piperidine rings is 1. The van der Waals surface area contributed by atoms with Crippen LogP contribution in [0.15, 0.2) is 11.4 Å². The molecule has 3 heteroatoms. The van der Waals surface area contributed by atoms with Crippen LogP contribution in [0.1, 0.15) is 43.6 Å². The zero-order valence-electron chi connectivity index (χ0n) is 11.1. The minimum Gasteiger partial charge on any atom is -0.384 e. The molecular formula is C15H21NOS. The van der Waals surface area contributed by atoms with Crippen molar-refractivity contribution in [3.8, 4) is 11.8 Å². The lowest BCUT2D eigenvalue weighted by Crippen LogP contribution is -2.42. The van der Waals surface area contributed by atoms with Gasteiger partial charge in [0.1, 0.15) is 6.61 Å². The van der Waals surface area contributed by atoms with Crippen molar-refractivity contribution in [2.75, 3.05) is 6.61 Å². The summed E-state index contributed by atoms with van der Waals surface area (Å²) in [6.07, 6.45) is 3.98. The Labute approximate surface area is 114 Å². The van der Waals surface area contributed by atoms with Gasteiger partial charge in [-0.1, -0.05) is 18.3 Å². The first kappa shape index (κ1) is 13.6. The van der Waals surface area contributed by atoms with Crippen molar-refractivity contribution in [2.24, 2.45) is 0 Å². The Hall–Kier alpha value is -0.820. The van der Waals surface area contributed by atoms with E-state index in [2.05, 4.69) is 42.0 Å². The molecule has 0 aromatic carbocycles. The number of aliphatic hydroxyl groups is 1. The van der Waals surface area contributed by atoms with Crippen molar-refractivity contribution in [3.05, 3.63) is 21.9 Å². The van der Waals surface area contributed by atoms with Crippen LogP contribution in [-0.2, 0) is 6.54 Å². The molecule has 0 bridgehead atoms. The lowest BCUT2D eigenvalue weighted by molar-refractivity contribution is 0.0964. The molecule has 1 aliphatic heterocycles. The maximum Gasteiger partial charge on any atom is 0.104 e. The molecule has 1 fully saturated rings. The zero-order chi connectivity index (χ0) is 13.0. The third-order valence-corrected chi connectivity index (χ3v) is 4.60. The molecule has 0 spiro atoms. The van der Waals surface area contributed by atoms with Gasteiger partial charge in [0.2, 0.25) is 0 Å². The van der Waals surface area contributed by atoms with Gasteiger partial charge in [0, 0.05) is 34.4 Å². The number of hydrogen-bond acceptors (Lipinski definition) is 3. The Morgan fingerprint density at radius 2 is 2.11 bits per heavy atom. The molecule has 1 aromatic heterocycles. The number of nitrogens with zero attached hydrogens (tertiary/aromatic N) is 1. The topological polar surface area (TPSA) is 23.5 Å². The second kappa shape index (κ2) is 6.38. The van der Waals surface area contributed by atoms with Crippen molar-refractivity contribution in [3.63, 3.8) is 0 Å². The van der Waals surface area contributed by atoms with Gasteiger partial charge in [-0.3, -0.25) is 4.90 Å². The Kier molecular flexibility index (Phi) is 4.82. The minimum absolute atomic E-state index is 0.0641. The average molecular weight is 263 g/mol. The van der Waals surface area contributed by atoms with Crippen LogP contribution in [0.25, 0.3) is 0 Å². The maximum atomic E-state index is 8.69. The smallest absolute Gasteiger partial charge is 0.104 e. The third kappa shape index (κ3) is 3.35. The molecule has 0 aliphatic carbocycles. The second-order valence-electron chi connectivity index (χ2n) is 5.06. The van der Waals surface area contributed by atoms with Gasteiger partial charge >= 0.3 is 0 Å². The number of rotatable bonds is 2. The van der Waals surface area contributed by atoms with E-state index in [-0.39, 0.29) is 6.61 Å². The van der Waals surface area contributed by atoms with Gasteiger partial charge in [0.15, 0.2) is 0 Å². The van der Waals surface area contributed by atoms with Crippen LogP contribution in [0, 0.1) is 11.8 Å². The molecule has 1 N–H and O–H groups in total. The highest BCUT2D eigenvalue weighted by Gasteiger charge is 2.24. The first-order valence-corrected chi connectivity index (χ1v) is 7.51. The van der Waals surface area contributed by atoms with Gasteiger partial charge in [0.05, 0.1) is 0 Å². The summed E-state index contributed by atoms with van der Waals surface area (Å²) in [5, 5.41) is 10.8. The van der Waals surface area contributed by atoms with Gasteiger partial charge < -0.3 is 5.11 Å². The maximum absolute atomic E-state index is 8.69. The largest absolute Gasteiger partial charge is 0.384 e. The Morgan fingerprint density at radius 3 is 2.78 bits per heavy atom. The van der Waals surface area contributed by atoms with E-state index >= 15 is 0 Å². The number of likely N-dealkylation sites (tertiary alicyclic amines) is 1. The summed E-state index contributed by atoms with van der Waals surface area (Å²) in [6, 6.07) is 3.52. The summed E-state index contributed by atoms with van der Waals surface area (Å²) in [5.74, 6) is 5.66. The predicted molar refractivity (Wildman–Crippen MR) is 76.6 cm³/mol. The molecule has 0 radical (unpaired) electrons. The Bertz CT molecular complexity index is 433. The van der Waals surface area contributed by atoms with Crippen molar-refractivity contribution < 1.29 is 5.11 Å². The number of thiophene rings is 1. The highest BCUT2D eigenvalue weighted by molar-refractivity contribution is 7.10. The molecule has 1 aromatic rings. The highest BCUT2D eigenvalue weighted by atomic mass is 32.1. The monoisotopic (exact) mass is 263 g/mol. The summed E-state index contributed by atoms with van der Waals surface area (Å²) < 4.78 is 0. The van der Waals surface area contributed by atoms with E-state index in [1.807, 2.05) is 0 Å². The molecule has 2 atom stereocenters. The summed E-state index contributed by atoms with van der Waals surface area (Å²) in [5.41, 5.74) is 1.03. The zero-order valence-corrected chi connectivity index (χ0v) is 12.0. The fraction of sp³-hybridized carbons (Fsp3) is 0.600. The summed E-state index contributed by atoms with van der Waals surface area (Å²) in [7, 11) is 0. The van der Waals surface area contributed by atoms with Crippen LogP contribution in [0.3, 0.4) is 0 Å².